The van der Waals surface area contributed by atoms with Gasteiger partial charge in [0.25, 0.3) is 0 Å². The number of hydrogen-bond donors (Lipinski definition) is 1. The van der Waals surface area contributed by atoms with Gasteiger partial charge in [-0.2, -0.15) is 0 Å². The molecule has 2 N–H and O–H groups in total. The molecule has 0 spiro atoms. The van der Waals surface area contributed by atoms with Gasteiger partial charge in [-0.1, -0.05) is 27.7 Å². The largest absolute Gasteiger partial charge is 0.465 e. The van der Waals surface area contributed by atoms with Crippen molar-refractivity contribution in [3.63, 3.8) is 0 Å². The monoisotopic (exact) mass is 215 g/mol. The summed E-state index contributed by atoms with van der Waals surface area (Å²) in [7, 11) is 0. The van der Waals surface area contributed by atoms with Crippen LogP contribution in [-0.2, 0) is 9.53 Å². The van der Waals surface area contributed by atoms with Crippen molar-refractivity contribution in [2.75, 3.05) is 13.2 Å². The molecule has 15 heavy (non-hydrogen) atoms. The highest BCUT2D eigenvalue weighted by Gasteiger charge is 2.31. The molecule has 0 aromatic carbocycles. The van der Waals surface area contributed by atoms with Gasteiger partial charge < -0.3 is 10.5 Å². The molecule has 1 unspecified atom stereocenters. The predicted octanol–water partition coefficient (Wildman–Crippen LogP) is 2.34. The number of esters is 1. The molecule has 0 heterocycles. The number of carbonyl (C=O) groups is 1. The van der Waals surface area contributed by atoms with Crippen LogP contribution in [0.3, 0.4) is 0 Å². The SMILES string of the molecule is CCC(C)(CN)C(=O)OCCC(C)(C)C. The molecule has 0 bridgehead atoms. The lowest BCUT2D eigenvalue weighted by Crippen LogP contribution is -2.37. The van der Waals surface area contributed by atoms with Crippen LogP contribution in [0.1, 0.15) is 47.5 Å². The Hall–Kier alpha value is -0.570. The van der Waals surface area contributed by atoms with Crippen molar-refractivity contribution < 1.29 is 9.53 Å². The summed E-state index contributed by atoms with van der Waals surface area (Å²) < 4.78 is 5.25. The van der Waals surface area contributed by atoms with E-state index in [1.165, 1.54) is 0 Å². The summed E-state index contributed by atoms with van der Waals surface area (Å²) in [6.45, 7) is 11.0. The molecule has 0 rings (SSSR count). The number of ether oxygens (including phenoxy) is 1. The standard InChI is InChI=1S/C12H25NO2/c1-6-12(5,9-13)10(14)15-8-7-11(2,3)4/h6-9,13H2,1-5H3. The van der Waals surface area contributed by atoms with Crippen molar-refractivity contribution in [1.29, 1.82) is 0 Å². The fraction of sp³-hybridized carbons (Fsp3) is 0.917. The van der Waals surface area contributed by atoms with Gasteiger partial charge in [-0.05, 0) is 25.2 Å². The third-order valence-electron chi connectivity index (χ3n) is 2.81. The van der Waals surface area contributed by atoms with Gasteiger partial charge in [-0.15, -0.1) is 0 Å². The van der Waals surface area contributed by atoms with E-state index >= 15 is 0 Å². The van der Waals surface area contributed by atoms with Gasteiger partial charge in [0.2, 0.25) is 0 Å². The molecule has 3 nitrogen and oxygen atoms in total. The Morgan fingerprint density at radius 1 is 1.27 bits per heavy atom. The lowest BCUT2D eigenvalue weighted by Gasteiger charge is -2.25. The minimum absolute atomic E-state index is 0.170. The normalized spacial score (nSPS) is 15.9. The lowest BCUT2D eigenvalue weighted by atomic mass is 9.88. The first kappa shape index (κ1) is 14.4. The van der Waals surface area contributed by atoms with E-state index in [1.807, 2.05) is 13.8 Å². The van der Waals surface area contributed by atoms with Gasteiger partial charge in [-0.25, -0.2) is 0 Å². The smallest absolute Gasteiger partial charge is 0.313 e. The molecule has 0 aromatic rings. The average Bonchev–Trinajstić information content (AvgIpc) is 2.14. The zero-order valence-electron chi connectivity index (χ0n) is 10.7. The summed E-state index contributed by atoms with van der Waals surface area (Å²) in [5.74, 6) is -0.170. The molecule has 0 fully saturated rings. The summed E-state index contributed by atoms with van der Waals surface area (Å²) in [6, 6.07) is 0. The number of rotatable bonds is 5. The van der Waals surface area contributed by atoms with E-state index in [2.05, 4.69) is 20.8 Å². The molecule has 0 aliphatic heterocycles. The van der Waals surface area contributed by atoms with E-state index in [0.29, 0.717) is 13.2 Å². The first-order valence-corrected chi connectivity index (χ1v) is 5.62. The van der Waals surface area contributed by atoms with Crippen molar-refractivity contribution >= 4 is 5.97 Å². The maximum Gasteiger partial charge on any atom is 0.313 e. The molecular formula is C12H25NO2. The van der Waals surface area contributed by atoms with Crippen molar-refractivity contribution in [1.82, 2.24) is 0 Å². The molecule has 3 heteroatoms. The van der Waals surface area contributed by atoms with E-state index in [0.717, 1.165) is 12.8 Å². The maximum atomic E-state index is 11.7. The highest BCUT2D eigenvalue weighted by atomic mass is 16.5. The third-order valence-corrected chi connectivity index (χ3v) is 2.81. The molecule has 0 saturated heterocycles. The molecule has 0 radical (unpaired) electrons. The quantitative estimate of drug-likeness (QED) is 0.716. The maximum absolute atomic E-state index is 11.7. The summed E-state index contributed by atoms with van der Waals surface area (Å²) >= 11 is 0. The van der Waals surface area contributed by atoms with Gasteiger partial charge in [-0.3, -0.25) is 4.79 Å². The Morgan fingerprint density at radius 2 is 1.80 bits per heavy atom. The van der Waals surface area contributed by atoms with Gasteiger partial charge >= 0.3 is 5.97 Å². The van der Waals surface area contributed by atoms with Gasteiger partial charge in [0, 0.05) is 6.54 Å². The first-order valence-electron chi connectivity index (χ1n) is 5.62. The van der Waals surface area contributed by atoms with Crippen LogP contribution >= 0.6 is 0 Å². The summed E-state index contributed by atoms with van der Waals surface area (Å²) in [4.78, 5) is 11.7. The Morgan fingerprint density at radius 3 is 2.13 bits per heavy atom. The second-order valence-corrected chi connectivity index (χ2v) is 5.56. The molecular weight excluding hydrogens is 190 g/mol. The minimum Gasteiger partial charge on any atom is -0.465 e. The van der Waals surface area contributed by atoms with E-state index in [9.17, 15) is 4.79 Å². The van der Waals surface area contributed by atoms with Gasteiger partial charge in [0.05, 0.1) is 12.0 Å². The average molecular weight is 215 g/mol. The lowest BCUT2D eigenvalue weighted by molar-refractivity contribution is -0.155. The van der Waals surface area contributed by atoms with Crippen LogP contribution in [0.15, 0.2) is 0 Å². The topological polar surface area (TPSA) is 52.3 Å². The third kappa shape index (κ3) is 5.17. The number of nitrogens with two attached hydrogens (primary N) is 1. The highest BCUT2D eigenvalue weighted by molar-refractivity contribution is 5.76. The number of carbonyl (C=O) groups excluding carboxylic acids is 1. The van der Waals surface area contributed by atoms with E-state index in [-0.39, 0.29) is 11.4 Å². The second kappa shape index (κ2) is 5.50. The van der Waals surface area contributed by atoms with E-state index in [1.54, 1.807) is 0 Å². The molecule has 1 atom stereocenters. The van der Waals surface area contributed by atoms with Crippen LogP contribution in [0.2, 0.25) is 0 Å². The number of hydrogen-bond acceptors (Lipinski definition) is 3. The Labute approximate surface area is 93.4 Å². The zero-order chi connectivity index (χ0) is 12.1. The Kier molecular flexibility index (Phi) is 5.29. The van der Waals surface area contributed by atoms with Crippen LogP contribution < -0.4 is 5.73 Å². The molecule has 0 aliphatic rings. The second-order valence-electron chi connectivity index (χ2n) is 5.56. The van der Waals surface area contributed by atoms with Crippen LogP contribution in [0.5, 0.6) is 0 Å². The Balaban J connectivity index is 4.04. The van der Waals surface area contributed by atoms with Crippen LogP contribution in [0.4, 0.5) is 0 Å². The minimum atomic E-state index is -0.516. The van der Waals surface area contributed by atoms with Crippen LogP contribution in [-0.4, -0.2) is 19.1 Å². The molecule has 0 amide bonds. The fourth-order valence-electron chi connectivity index (χ4n) is 0.996. The van der Waals surface area contributed by atoms with Crippen molar-refractivity contribution in [2.24, 2.45) is 16.6 Å². The first-order chi connectivity index (χ1) is 6.75. The highest BCUT2D eigenvalue weighted by Crippen LogP contribution is 2.23. The van der Waals surface area contributed by atoms with Crippen LogP contribution in [0, 0.1) is 10.8 Å². The summed E-state index contributed by atoms with van der Waals surface area (Å²) in [6.07, 6.45) is 1.60. The summed E-state index contributed by atoms with van der Waals surface area (Å²) in [5, 5.41) is 0. The van der Waals surface area contributed by atoms with Crippen molar-refractivity contribution in [3.05, 3.63) is 0 Å². The molecule has 0 saturated carbocycles. The molecule has 0 aromatic heterocycles. The van der Waals surface area contributed by atoms with E-state index in [4.69, 9.17) is 10.5 Å². The van der Waals surface area contributed by atoms with Gasteiger partial charge in [0.15, 0.2) is 0 Å². The molecule has 90 valence electrons. The van der Waals surface area contributed by atoms with Crippen molar-refractivity contribution in [3.8, 4) is 0 Å². The summed E-state index contributed by atoms with van der Waals surface area (Å²) in [5.41, 5.74) is 5.26. The van der Waals surface area contributed by atoms with Crippen molar-refractivity contribution in [2.45, 2.75) is 47.5 Å². The fourth-order valence-corrected chi connectivity index (χ4v) is 0.996. The van der Waals surface area contributed by atoms with E-state index < -0.39 is 5.41 Å². The van der Waals surface area contributed by atoms with Gasteiger partial charge in [0.1, 0.15) is 0 Å². The predicted molar refractivity (Wildman–Crippen MR) is 62.5 cm³/mol. The molecule has 0 aliphatic carbocycles. The Bertz CT molecular complexity index is 202. The van der Waals surface area contributed by atoms with Crippen LogP contribution in [0.25, 0.3) is 0 Å². The zero-order valence-corrected chi connectivity index (χ0v) is 10.7.